The third-order valence-electron chi connectivity index (χ3n) is 2.63. The lowest BCUT2D eigenvalue weighted by Gasteiger charge is -2.13. The molecule has 1 amide bonds. The van der Waals surface area contributed by atoms with Crippen molar-refractivity contribution in [3.63, 3.8) is 0 Å². The Morgan fingerprint density at radius 1 is 1.40 bits per heavy atom. The van der Waals surface area contributed by atoms with E-state index >= 15 is 0 Å². The number of ether oxygens (including phenoxy) is 2. The summed E-state index contributed by atoms with van der Waals surface area (Å²) in [5, 5.41) is 2.77. The zero-order valence-corrected chi connectivity index (χ0v) is 13.0. The smallest absolute Gasteiger partial charge is 0.236 e. The average molecular weight is 303 g/mol. The number of hydrogen-bond acceptors (Lipinski definition) is 4. The van der Waals surface area contributed by atoms with Gasteiger partial charge in [0.1, 0.15) is 12.4 Å². The Morgan fingerprint density at radius 3 is 2.70 bits per heavy atom. The predicted octanol–water partition coefficient (Wildman–Crippen LogP) is 1.41. The van der Waals surface area contributed by atoms with Crippen molar-refractivity contribution in [3.05, 3.63) is 29.3 Å². The Labute approximate surface area is 126 Å². The fraction of sp³-hybridized carbons (Fsp3) is 0.500. The largest absolute Gasteiger partial charge is 0.491 e. The summed E-state index contributed by atoms with van der Waals surface area (Å²) < 4.78 is 10.6. The standard InChI is InChI=1S/C14H22N2O3.ClH/c1-10-4-5-12(9-16-14(17)11(2)15)13(8-10)19-7-6-18-3;/h4-5,8,11H,6-7,9,15H2,1-3H3,(H,16,17);1H/t11-;/m0./s1. The molecule has 5 nitrogen and oxygen atoms in total. The Kier molecular flexibility index (Phi) is 8.96. The first-order valence-electron chi connectivity index (χ1n) is 6.29. The molecule has 0 aliphatic heterocycles. The van der Waals surface area contributed by atoms with Gasteiger partial charge in [0.05, 0.1) is 12.6 Å². The van der Waals surface area contributed by atoms with E-state index in [4.69, 9.17) is 15.2 Å². The first-order valence-corrected chi connectivity index (χ1v) is 6.29. The van der Waals surface area contributed by atoms with Gasteiger partial charge in [-0.3, -0.25) is 4.79 Å². The third kappa shape index (κ3) is 6.23. The fourth-order valence-corrected chi connectivity index (χ4v) is 1.52. The van der Waals surface area contributed by atoms with Crippen LogP contribution in [0.4, 0.5) is 0 Å². The highest BCUT2D eigenvalue weighted by molar-refractivity contribution is 5.85. The molecule has 1 aromatic rings. The molecule has 3 N–H and O–H groups in total. The van der Waals surface area contributed by atoms with Crippen molar-refractivity contribution in [2.24, 2.45) is 5.73 Å². The summed E-state index contributed by atoms with van der Waals surface area (Å²) in [6.07, 6.45) is 0. The summed E-state index contributed by atoms with van der Waals surface area (Å²) in [5.74, 6) is 0.588. The van der Waals surface area contributed by atoms with Crippen molar-refractivity contribution in [2.75, 3.05) is 20.3 Å². The number of carbonyl (C=O) groups excluding carboxylic acids is 1. The van der Waals surface area contributed by atoms with E-state index in [0.717, 1.165) is 16.9 Å². The molecule has 1 aromatic carbocycles. The van der Waals surface area contributed by atoms with Crippen LogP contribution in [0.5, 0.6) is 5.75 Å². The number of halogens is 1. The molecule has 0 fully saturated rings. The van der Waals surface area contributed by atoms with Gasteiger partial charge >= 0.3 is 0 Å². The van der Waals surface area contributed by atoms with Crippen LogP contribution >= 0.6 is 12.4 Å². The topological polar surface area (TPSA) is 73.6 Å². The molecule has 0 bridgehead atoms. The minimum atomic E-state index is -0.511. The summed E-state index contributed by atoms with van der Waals surface area (Å²) in [6.45, 7) is 5.06. The SMILES string of the molecule is COCCOc1cc(C)ccc1CNC(=O)[C@H](C)N.Cl. The molecule has 0 aromatic heterocycles. The molecule has 0 saturated heterocycles. The highest BCUT2D eigenvalue weighted by atomic mass is 35.5. The van der Waals surface area contributed by atoms with Crippen LogP contribution in [0.3, 0.4) is 0 Å². The van der Waals surface area contributed by atoms with Crippen LogP contribution in [0.1, 0.15) is 18.1 Å². The van der Waals surface area contributed by atoms with Crippen molar-refractivity contribution in [3.8, 4) is 5.75 Å². The van der Waals surface area contributed by atoms with E-state index < -0.39 is 6.04 Å². The first kappa shape index (κ1) is 18.7. The molecule has 0 unspecified atom stereocenters. The van der Waals surface area contributed by atoms with Crippen LogP contribution in [-0.4, -0.2) is 32.3 Å². The summed E-state index contributed by atoms with van der Waals surface area (Å²) in [7, 11) is 1.63. The molecular formula is C14H23ClN2O3. The Hall–Kier alpha value is -1.30. The van der Waals surface area contributed by atoms with E-state index in [1.165, 1.54) is 0 Å². The lowest BCUT2D eigenvalue weighted by molar-refractivity contribution is -0.122. The zero-order chi connectivity index (χ0) is 14.3. The average Bonchev–Trinajstić information content (AvgIpc) is 2.37. The zero-order valence-electron chi connectivity index (χ0n) is 12.1. The highest BCUT2D eigenvalue weighted by Crippen LogP contribution is 2.20. The number of carbonyl (C=O) groups is 1. The number of benzene rings is 1. The van der Waals surface area contributed by atoms with Crippen LogP contribution in [-0.2, 0) is 16.1 Å². The van der Waals surface area contributed by atoms with Gasteiger partial charge in [-0.2, -0.15) is 0 Å². The molecule has 0 radical (unpaired) electrons. The molecule has 0 saturated carbocycles. The lowest BCUT2D eigenvalue weighted by Crippen LogP contribution is -2.37. The van der Waals surface area contributed by atoms with Gasteiger partial charge in [-0.25, -0.2) is 0 Å². The number of amides is 1. The van der Waals surface area contributed by atoms with Gasteiger partial charge in [-0.05, 0) is 25.5 Å². The van der Waals surface area contributed by atoms with Crippen LogP contribution < -0.4 is 15.8 Å². The van der Waals surface area contributed by atoms with Gasteiger partial charge in [0.15, 0.2) is 0 Å². The molecule has 0 heterocycles. The number of nitrogens with one attached hydrogen (secondary N) is 1. The highest BCUT2D eigenvalue weighted by Gasteiger charge is 2.09. The van der Waals surface area contributed by atoms with Crippen LogP contribution in [0.25, 0.3) is 0 Å². The second kappa shape index (κ2) is 9.58. The van der Waals surface area contributed by atoms with E-state index in [1.807, 2.05) is 25.1 Å². The molecule has 20 heavy (non-hydrogen) atoms. The second-order valence-corrected chi connectivity index (χ2v) is 4.46. The maximum absolute atomic E-state index is 11.5. The van der Waals surface area contributed by atoms with Gasteiger partial charge in [-0.1, -0.05) is 12.1 Å². The minimum absolute atomic E-state index is 0. The van der Waals surface area contributed by atoms with E-state index in [0.29, 0.717) is 19.8 Å². The van der Waals surface area contributed by atoms with Crippen molar-refractivity contribution >= 4 is 18.3 Å². The number of methoxy groups -OCH3 is 1. The fourth-order valence-electron chi connectivity index (χ4n) is 1.52. The Morgan fingerprint density at radius 2 is 2.10 bits per heavy atom. The minimum Gasteiger partial charge on any atom is -0.491 e. The maximum atomic E-state index is 11.5. The van der Waals surface area contributed by atoms with E-state index in [-0.39, 0.29) is 18.3 Å². The lowest BCUT2D eigenvalue weighted by atomic mass is 10.1. The monoisotopic (exact) mass is 302 g/mol. The number of hydrogen-bond donors (Lipinski definition) is 2. The van der Waals surface area contributed by atoms with Crippen molar-refractivity contribution < 1.29 is 14.3 Å². The Balaban J connectivity index is 0.00000361. The van der Waals surface area contributed by atoms with Gasteiger partial charge in [-0.15, -0.1) is 12.4 Å². The summed E-state index contributed by atoms with van der Waals surface area (Å²) in [5.41, 5.74) is 7.53. The first-order chi connectivity index (χ1) is 9.04. The van der Waals surface area contributed by atoms with E-state index in [1.54, 1.807) is 14.0 Å². The van der Waals surface area contributed by atoms with Gasteiger partial charge in [0.2, 0.25) is 5.91 Å². The van der Waals surface area contributed by atoms with Crippen molar-refractivity contribution in [1.29, 1.82) is 0 Å². The van der Waals surface area contributed by atoms with Crippen LogP contribution in [0, 0.1) is 6.92 Å². The summed E-state index contributed by atoms with van der Waals surface area (Å²) in [4.78, 5) is 11.5. The summed E-state index contributed by atoms with van der Waals surface area (Å²) >= 11 is 0. The molecule has 0 aliphatic rings. The third-order valence-corrected chi connectivity index (χ3v) is 2.63. The predicted molar refractivity (Wildman–Crippen MR) is 81.3 cm³/mol. The quantitative estimate of drug-likeness (QED) is 0.747. The number of nitrogens with two attached hydrogens (primary N) is 1. The molecular weight excluding hydrogens is 280 g/mol. The van der Waals surface area contributed by atoms with Gasteiger partial charge < -0.3 is 20.5 Å². The van der Waals surface area contributed by atoms with Gasteiger partial charge in [0.25, 0.3) is 0 Å². The maximum Gasteiger partial charge on any atom is 0.236 e. The van der Waals surface area contributed by atoms with Crippen molar-refractivity contribution in [2.45, 2.75) is 26.4 Å². The normalized spacial score (nSPS) is 11.4. The molecule has 6 heteroatoms. The van der Waals surface area contributed by atoms with Crippen LogP contribution in [0.15, 0.2) is 18.2 Å². The van der Waals surface area contributed by atoms with E-state index in [2.05, 4.69) is 5.32 Å². The summed E-state index contributed by atoms with van der Waals surface area (Å²) in [6, 6.07) is 5.36. The molecule has 114 valence electrons. The van der Waals surface area contributed by atoms with Crippen LogP contribution in [0.2, 0.25) is 0 Å². The van der Waals surface area contributed by atoms with Gasteiger partial charge in [0, 0.05) is 19.2 Å². The number of aryl methyl sites for hydroxylation is 1. The molecule has 1 atom stereocenters. The Bertz CT molecular complexity index is 425. The molecule has 0 spiro atoms. The number of rotatable bonds is 7. The molecule has 1 rings (SSSR count). The van der Waals surface area contributed by atoms with Crippen molar-refractivity contribution in [1.82, 2.24) is 5.32 Å². The van der Waals surface area contributed by atoms with E-state index in [9.17, 15) is 4.79 Å². The second-order valence-electron chi connectivity index (χ2n) is 4.46. The molecule has 0 aliphatic carbocycles.